The highest BCUT2D eigenvalue weighted by molar-refractivity contribution is 7.13. The first kappa shape index (κ1) is 12.0. The van der Waals surface area contributed by atoms with Crippen LogP contribution in [-0.2, 0) is 0 Å². The van der Waals surface area contributed by atoms with Gasteiger partial charge in [-0.3, -0.25) is 0 Å². The summed E-state index contributed by atoms with van der Waals surface area (Å²) in [5.41, 5.74) is 10.3. The minimum absolute atomic E-state index is 0. The Balaban J connectivity index is 0.00000112. The molecule has 0 aliphatic carbocycles. The molecule has 0 spiro atoms. The first-order valence-corrected chi connectivity index (χ1v) is 5.33. The molecule has 2 N–H and O–H groups in total. The van der Waals surface area contributed by atoms with Gasteiger partial charge in [0.2, 0.25) is 0 Å². The van der Waals surface area contributed by atoms with E-state index in [4.69, 9.17) is 5.73 Å². The van der Waals surface area contributed by atoms with Gasteiger partial charge in [0, 0.05) is 10.9 Å². The van der Waals surface area contributed by atoms with Crippen LogP contribution in [0.5, 0.6) is 0 Å². The second-order valence-electron chi connectivity index (χ2n) is 3.39. The Morgan fingerprint density at radius 1 is 1.27 bits per heavy atom. The van der Waals surface area contributed by atoms with E-state index < -0.39 is 0 Å². The minimum atomic E-state index is 0. The molecule has 0 saturated carbocycles. The van der Waals surface area contributed by atoms with Gasteiger partial charge >= 0.3 is 0 Å². The number of hydrogen-bond donors (Lipinski definition) is 1. The standard InChI is InChI=1S/C11H12N2S.ClH/c1-7-3-4-9(8(2)5-7)10-6-14-11(12)13-10;/h3-6H,1-2H3,(H2,12,13);1H. The van der Waals surface area contributed by atoms with Gasteiger partial charge in [0.05, 0.1) is 5.69 Å². The Hall–Kier alpha value is -1.06. The Labute approximate surface area is 99.6 Å². The van der Waals surface area contributed by atoms with Gasteiger partial charge in [0.15, 0.2) is 5.13 Å². The van der Waals surface area contributed by atoms with Gasteiger partial charge in [-0.05, 0) is 19.4 Å². The van der Waals surface area contributed by atoms with E-state index in [2.05, 4.69) is 37.0 Å². The number of aryl methyl sites for hydroxylation is 2. The first-order chi connectivity index (χ1) is 6.66. The third-order valence-electron chi connectivity index (χ3n) is 2.18. The molecule has 0 aliphatic rings. The molecule has 0 fully saturated rings. The number of nitrogens with zero attached hydrogens (tertiary/aromatic N) is 1. The van der Waals surface area contributed by atoms with Gasteiger partial charge in [-0.15, -0.1) is 23.7 Å². The summed E-state index contributed by atoms with van der Waals surface area (Å²) >= 11 is 1.48. The van der Waals surface area contributed by atoms with Crippen LogP contribution in [0.15, 0.2) is 23.6 Å². The number of hydrogen-bond acceptors (Lipinski definition) is 3. The lowest BCUT2D eigenvalue weighted by Gasteiger charge is -2.03. The van der Waals surface area contributed by atoms with Crippen LogP contribution in [0, 0.1) is 13.8 Å². The molecule has 0 saturated heterocycles. The van der Waals surface area contributed by atoms with Crippen molar-refractivity contribution in [2.75, 3.05) is 5.73 Å². The molecule has 15 heavy (non-hydrogen) atoms. The topological polar surface area (TPSA) is 38.9 Å². The van der Waals surface area contributed by atoms with E-state index in [1.807, 2.05) is 5.38 Å². The number of anilines is 1. The number of aromatic nitrogens is 1. The van der Waals surface area contributed by atoms with E-state index in [-0.39, 0.29) is 12.4 Å². The fourth-order valence-electron chi connectivity index (χ4n) is 1.51. The smallest absolute Gasteiger partial charge is 0.180 e. The average Bonchev–Trinajstić information content (AvgIpc) is 2.51. The summed E-state index contributed by atoms with van der Waals surface area (Å²) in [5.74, 6) is 0. The van der Waals surface area contributed by atoms with E-state index in [9.17, 15) is 0 Å². The Kier molecular flexibility index (Phi) is 3.72. The van der Waals surface area contributed by atoms with Gasteiger partial charge in [-0.2, -0.15) is 0 Å². The molecule has 4 heteroatoms. The van der Waals surface area contributed by atoms with Crippen molar-refractivity contribution in [2.24, 2.45) is 0 Å². The maximum Gasteiger partial charge on any atom is 0.180 e. The van der Waals surface area contributed by atoms with Crippen LogP contribution < -0.4 is 5.73 Å². The first-order valence-electron chi connectivity index (χ1n) is 4.45. The predicted molar refractivity (Wildman–Crippen MR) is 68.7 cm³/mol. The lowest BCUT2D eigenvalue weighted by molar-refractivity contribution is 1.34. The van der Waals surface area contributed by atoms with E-state index >= 15 is 0 Å². The largest absolute Gasteiger partial charge is 0.375 e. The molecule has 0 amide bonds. The van der Waals surface area contributed by atoms with Crippen molar-refractivity contribution in [3.63, 3.8) is 0 Å². The molecule has 0 radical (unpaired) electrons. The maximum atomic E-state index is 5.60. The summed E-state index contributed by atoms with van der Waals surface area (Å²) in [6.45, 7) is 4.18. The SMILES string of the molecule is Cc1ccc(-c2csc(N)n2)c(C)c1.Cl. The van der Waals surface area contributed by atoms with Gasteiger partial charge in [0.1, 0.15) is 0 Å². The molecule has 0 aliphatic heterocycles. The predicted octanol–water partition coefficient (Wildman–Crippen LogP) is 3.43. The molecule has 1 aromatic heterocycles. The maximum absolute atomic E-state index is 5.60. The lowest BCUT2D eigenvalue weighted by Crippen LogP contribution is -1.86. The Morgan fingerprint density at radius 2 is 2.00 bits per heavy atom. The molecule has 1 aromatic carbocycles. The van der Waals surface area contributed by atoms with Crippen LogP contribution in [0.2, 0.25) is 0 Å². The third kappa shape index (κ3) is 2.49. The second kappa shape index (κ2) is 4.64. The summed E-state index contributed by atoms with van der Waals surface area (Å²) in [7, 11) is 0. The number of benzene rings is 1. The van der Waals surface area contributed by atoms with E-state index in [0.717, 1.165) is 5.69 Å². The van der Waals surface area contributed by atoms with Crippen molar-refractivity contribution < 1.29 is 0 Å². The number of rotatable bonds is 1. The molecular weight excluding hydrogens is 228 g/mol. The molecule has 2 rings (SSSR count). The average molecular weight is 241 g/mol. The van der Waals surface area contributed by atoms with Crippen molar-refractivity contribution in [1.29, 1.82) is 0 Å². The zero-order chi connectivity index (χ0) is 10.1. The van der Waals surface area contributed by atoms with Crippen molar-refractivity contribution in [2.45, 2.75) is 13.8 Å². The van der Waals surface area contributed by atoms with Gasteiger partial charge in [-0.25, -0.2) is 4.98 Å². The number of halogens is 1. The monoisotopic (exact) mass is 240 g/mol. The molecule has 1 heterocycles. The molecule has 2 nitrogen and oxygen atoms in total. The Morgan fingerprint density at radius 3 is 2.53 bits per heavy atom. The van der Waals surface area contributed by atoms with Gasteiger partial charge in [-0.1, -0.05) is 23.8 Å². The Bertz CT molecular complexity index is 465. The van der Waals surface area contributed by atoms with Crippen LogP contribution in [0.4, 0.5) is 5.13 Å². The minimum Gasteiger partial charge on any atom is -0.375 e. The van der Waals surface area contributed by atoms with Crippen LogP contribution in [-0.4, -0.2) is 4.98 Å². The fourth-order valence-corrected chi connectivity index (χ4v) is 2.08. The van der Waals surface area contributed by atoms with E-state index in [0.29, 0.717) is 5.13 Å². The summed E-state index contributed by atoms with van der Waals surface area (Å²) in [6, 6.07) is 6.35. The molecule has 80 valence electrons. The van der Waals surface area contributed by atoms with Crippen LogP contribution in [0.25, 0.3) is 11.3 Å². The van der Waals surface area contributed by atoms with Crippen LogP contribution >= 0.6 is 23.7 Å². The van der Waals surface area contributed by atoms with E-state index in [1.165, 1.54) is 28.0 Å². The van der Waals surface area contributed by atoms with Crippen LogP contribution in [0.1, 0.15) is 11.1 Å². The quantitative estimate of drug-likeness (QED) is 0.830. The van der Waals surface area contributed by atoms with Crippen molar-refractivity contribution >= 4 is 28.9 Å². The molecule has 2 aromatic rings. The summed E-state index contributed by atoms with van der Waals surface area (Å²) in [5, 5.41) is 2.62. The lowest BCUT2D eigenvalue weighted by atomic mass is 10.0. The van der Waals surface area contributed by atoms with Crippen LogP contribution in [0.3, 0.4) is 0 Å². The highest BCUT2D eigenvalue weighted by Crippen LogP contribution is 2.26. The molecule has 0 atom stereocenters. The number of nitrogens with two attached hydrogens (primary N) is 1. The fraction of sp³-hybridized carbons (Fsp3) is 0.182. The zero-order valence-corrected chi connectivity index (χ0v) is 10.3. The van der Waals surface area contributed by atoms with Crippen molar-refractivity contribution in [3.05, 3.63) is 34.7 Å². The highest BCUT2D eigenvalue weighted by atomic mass is 35.5. The summed E-state index contributed by atoms with van der Waals surface area (Å²) < 4.78 is 0. The van der Waals surface area contributed by atoms with Crippen molar-refractivity contribution in [3.8, 4) is 11.3 Å². The molecule has 0 bridgehead atoms. The van der Waals surface area contributed by atoms with Gasteiger partial charge in [0.25, 0.3) is 0 Å². The molecular formula is C11H13ClN2S. The number of nitrogen functional groups attached to an aromatic ring is 1. The van der Waals surface area contributed by atoms with E-state index in [1.54, 1.807) is 0 Å². The summed E-state index contributed by atoms with van der Waals surface area (Å²) in [6.07, 6.45) is 0. The normalized spacial score (nSPS) is 9.73. The van der Waals surface area contributed by atoms with Gasteiger partial charge < -0.3 is 5.73 Å². The molecule has 0 unspecified atom stereocenters. The second-order valence-corrected chi connectivity index (χ2v) is 4.28. The zero-order valence-electron chi connectivity index (χ0n) is 8.65. The van der Waals surface area contributed by atoms with Crippen molar-refractivity contribution in [1.82, 2.24) is 4.98 Å². The summed E-state index contributed by atoms with van der Waals surface area (Å²) in [4.78, 5) is 4.27. The third-order valence-corrected chi connectivity index (χ3v) is 2.85. The highest BCUT2D eigenvalue weighted by Gasteiger charge is 2.05. The number of thiazole rings is 1.